The molecule has 98 valence electrons. The molecular weight excluding hydrogens is 266 g/mol. The fourth-order valence-electron chi connectivity index (χ4n) is 1.54. The van der Waals surface area contributed by atoms with Gasteiger partial charge in [-0.05, 0) is 24.1 Å². The van der Waals surface area contributed by atoms with Gasteiger partial charge in [-0.15, -0.1) is 0 Å². The average molecular weight is 275 g/mol. The van der Waals surface area contributed by atoms with Crippen LogP contribution in [0.1, 0.15) is 6.42 Å². The molecular formula is C9H9NO7S. The minimum atomic E-state index is -2.90. The van der Waals surface area contributed by atoms with Crippen LogP contribution >= 0.6 is 0 Å². The Labute approximate surface area is 103 Å². The van der Waals surface area contributed by atoms with Gasteiger partial charge in [-0.2, -0.15) is 8.42 Å². The molecule has 0 bridgehead atoms. The van der Waals surface area contributed by atoms with E-state index in [2.05, 4.69) is 0 Å². The van der Waals surface area contributed by atoms with Crippen molar-refractivity contribution < 1.29 is 28.3 Å². The maximum absolute atomic E-state index is 10.9. The van der Waals surface area contributed by atoms with E-state index in [0.717, 1.165) is 12.2 Å². The van der Waals surface area contributed by atoms with E-state index in [4.69, 9.17) is 10.2 Å². The molecule has 1 unspecified atom stereocenters. The Kier molecular flexibility index (Phi) is 4.34. The minimum Gasteiger partial charge on any atom is -0.478 e. The molecule has 0 amide bonds. The highest BCUT2D eigenvalue weighted by Crippen LogP contribution is 2.20. The van der Waals surface area contributed by atoms with Crippen LogP contribution in [-0.2, 0) is 15.1 Å². The first-order valence-electron chi connectivity index (χ1n) is 4.74. The van der Waals surface area contributed by atoms with Gasteiger partial charge in [-0.25, -0.2) is 4.79 Å². The maximum Gasteiger partial charge on any atom is 0.338 e. The van der Waals surface area contributed by atoms with Crippen molar-refractivity contribution in [3.63, 3.8) is 0 Å². The molecule has 8 nitrogen and oxygen atoms in total. The number of aliphatic carboxylic acids is 1. The molecule has 0 fully saturated rings. The zero-order chi connectivity index (χ0) is 13.9. The molecule has 0 spiro atoms. The second-order valence-corrected chi connectivity index (χ2v) is 4.36. The third-order valence-electron chi connectivity index (χ3n) is 2.28. The van der Waals surface area contributed by atoms with Crippen LogP contribution in [-0.4, -0.2) is 47.0 Å². The molecule has 1 rings (SSSR count). The fourth-order valence-corrected chi connectivity index (χ4v) is 2.19. The molecule has 0 aliphatic heterocycles. The van der Waals surface area contributed by atoms with Crippen LogP contribution in [0.5, 0.6) is 0 Å². The normalized spacial score (nSPS) is 18.9. The van der Waals surface area contributed by atoms with Gasteiger partial charge in [-0.3, -0.25) is 10.1 Å². The van der Waals surface area contributed by atoms with E-state index in [1.54, 1.807) is 0 Å². The van der Waals surface area contributed by atoms with Crippen molar-refractivity contribution in [2.75, 3.05) is 6.61 Å². The van der Waals surface area contributed by atoms with Crippen molar-refractivity contribution in [1.29, 1.82) is 0 Å². The Morgan fingerprint density at radius 3 is 2.44 bits per heavy atom. The van der Waals surface area contributed by atoms with Crippen LogP contribution < -0.4 is 0 Å². The van der Waals surface area contributed by atoms with E-state index < -0.39 is 37.7 Å². The third kappa shape index (κ3) is 2.81. The van der Waals surface area contributed by atoms with Crippen LogP contribution in [0.4, 0.5) is 0 Å². The molecule has 0 saturated heterocycles. The number of hydrogen-bond acceptors (Lipinski definition) is 6. The van der Waals surface area contributed by atoms with E-state index >= 15 is 0 Å². The predicted octanol–water partition coefficient (Wildman–Crippen LogP) is -0.983. The topological polar surface area (TPSA) is 135 Å². The molecule has 0 aromatic heterocycles. The fraction of sp³-hybridized carbons (Fsp3) is 0.333. The lowest BCUT2D eigenvalue weighted by Gasteiger charge is -2.14. The molecule has 1 aliphatic carbocycles. The Hall–Kier alpha value is -2.00. The second-order valence-electron chi connectivity index (χ2n) is 3.42. The van der Waals surface area contributed by atoms with Gasteiger partial charge in [-0.1, -0.05) is 0 Å². The number of aliphatic hydroxyl groups is 1. The molecule has 0 aromatic carbocycles. The van der Waals surface area contributed by atoms with E-state index in [9.17, 15) is 23.3 Å². The van der Waals surface area contributed by atoms with Crippen LogP contribution in [0.3, 0.4) is 0 Å². The maximum atomic E-state index is 10.9. The van der Waals surface area contributed by atoms with E-state index in [0.29, 0.717) is 0 Å². The number of carboxylic acid groups (broad SMARTS) is 1. The van der Waals surface area contributed by atoms with Gasteiger partial charge in [0.1, 0.15) is 5.57 Å². The van der Waals surface area contributed by atoms with Crippen molar-refractivity contribution in [3.8, 4) is 0 Å². The van der Waals surface area contributed by atoms with E-state index in [1.165, 1.54) is 0 Å². The Morgan fingerprint density at radius 1 is 1.44 bits per heavy atom. The summed E-state index contributed by atoms with van der Waals surface area (Å²) >= 11 is 0. The van der Waals surface area contributed by atoms with Crippen molar-refractivity contribution in [2.45, 2.75) is 12.5 Å². The summed E-state index contributed by atoms with van der Waals surface area (Å²) in [5, 5.41) is 28.4. The van der Waals surface area contributed by atoms with Crippen molar-refractivity contribution in [2.24, 2.45) is 0 Å². The first-order valence-corrected chi connectivity index (χ1v) is 5.82. The number of nitrogens with zero attached hydrogens (tertiary/aromatic N) is 1. The first kappa shape index (κ1) is 14.1. The Balaban J connectivity index is 3.45. The monoisotopic (exact) mass is 275 g/mol. The Morgan fingerprint density at radius 2 is 2.06 bits per heavy atom. The number of nitro groups is 1. The minimum absolute atomic E-state index is 0.0158. The van der Waals surface area contributed by atoms with Gasteiger partial charge in [0, 0.05) is 11.5 Å². The van der Waals surface area contributed by atoms with Gasteiger partial charge >= 0.3 is 5.97 Å². The molecule has 0 saturated carbocycles. The molecule has 0 heterocycles. The molecule has 18 heavy (non-hydrogen) atoms. The number of carboxylic acids is 1. The quantitative estimate of drug-likeness (QED) is 0.382. The van der Waals surface area contributed by atoms with Crippen LogP contribution in [0.15, 0.2) is 23.3 Å². The molecule has 2 N–H and O–H groups in total. The number of carbonyl (C=O) groups is 1. The van der Waals surface area contributed by atoms with Crippen LogP contribution in [0.2, 0.25) is 0 Å². The van der Waals surface area contributed by atoms with Gasteiger partial charge in [0.25, 0.3) is 6.04 Å². The SMILES string of the molecule is O=C(O)C1=CC(CCO)=CC(=S(=O)=O)C1[N+](=O)[O-]. The predicted molar refractivity (Wildman–Crippen MR) is 60.2 cm³/mol. The zero-order valence-corrected chi connectivity index (χ0v) is 9.75. The summed E-state index contributed by atoms with van der Waals surface area (Å²) in [7, 11) is -2.90. The van der Waals surface area contributed by atoms with E-state index in [-0.39, 0.29) is 18.6 Å². The molecule has 0 aromatic rings. The first-order chi connectivity index (χ1) is 8.38. The summed E-state index contributed by atoms with van der Waals surface area (Å²) in [5.74, 6) is -1.57. The van der Waals surface area contributed by atoms with Crippen molar-refractivity contribution in [3.05, 3.63) is 33.4 Å². The average Bonchev–Trinajstić information content (AvgIpc) is 2.27. The zero-order valence-electron chi connectivity index (χ0n) is 8.94. The van der Waals surface area contributed by atoms with E-state index in [1.807, 2.05) is 0 Å². The lowest BCUT2D eigenvalue weighted by atomic mass is 9.93. The van der Waals surface area contributed by atoms with Crippen molar-refractivity contribution in [1.82, 2.24) is 0 Å². The number of hydrogen-bond donors (Lipinski definition) is 2. The molecule has 1 aliphatic rings. The summed E-state index contributed by atoms with van der Waals surface area (Å²) in [6, 6.07) is -1.91. The number of allylic oxidation sites excluding steroid dienone is 1. The highest BCUT2D eigenvalue weighted by atomic mass is 32.2. The standard InChI is InChI=1S/C9H9NO7S/c11-2-1-5-3-6(9(12)13)8(10(14)15)7(4-5)18(16)17/h3-4,8,11H,1-2H2,(H,12,13). The lowest BCUT2D eigenvalue weighted by Crippen LogP contribution is -2.36. The van der Waals surface area contributed by atoms with Gasteiger partial charge < -0.3 is 10.2 Å². The van der Waals surface area contributed by atoms with Gasteiger partial charge in [0.15, 0.2) is 4.86 Å². The van der Waals surface area contributed by atoms with Crippen LogP contribution in [0.25, 0.3) is 0 Å². The second kappa shape index (κ2) is 5.56. The number of aliphatic hydroxyl groups excluding tert-OH is 1. The summed E-state index contributed by atoms with van der Waals surface area (Å²) in [5.41, 5.74) is -0.419. The van der Waals surface area contributed by atoms with Crippen molar-refractivity contribution >= 4 is 21.1 Å². The largest absolute Gasteiger partial charge is 0.478 e. The summed E-state index contributed by atoms with van der Waals surface area (Å²) < 4.78 is 21.8. The summed E-state index contributed by atoms with van der Waals surface area (Å²) in [6.45, 7) is -0.322. The molecule has 1 atom stereocenters. The van der Waals surface area contributed by atoms with Crippen LogP contribution in [0, 0.1) is 10.1 Å². The molecule has 0 radical (unpaired) electrons. The highest BCUT2D eigenvalue weighted by molar-refractivity contribution is 7.73. The van der Waals surface area contributed by atoms with Gasteiger partial charge in [0.05, 0.1) is 0 Å². The van der Waals surface area contributed by atoms with Gasteiger partial charge in [0.2, 0.25) is 10.3 Å². The third-order valence-corrected chi connectivity index (χ3v) is 3.01. The molecule has 9 heteroatoms. The smallest absolute Gasteiger partial charge is 0.338 e. The summed E-state index contributed by atoms with van der Waals surface area (Å²) in [4.78, 5) is 20.1. The lowest BCUT2D eigenvalue weighted by molar-refractivity contribution is -0.491. The number of rotatable bonds is 4. The highest BCUT2D eigenvalue weighted by Gasteiger charge is 2.38. The summed E-state index contributed by atoms with van der Waals surface area (Å²) in [6.07, 6.45) is 2.05. The Bertz CT molecular complexity index is 576.